The maximum absolute atomic E-state index is 10.9. The number of para-hydroxylation sites is 1. The molecular weight excluding hydrogens is 248 g/mol. The van der Waals surface area contributed by atoms with Gasteiger partial charge in [-0.2, -0.15) is 0 Å². The molecule has 0 saturated heterocycles. The van der Waals surface area contributed by atoms with E-state index in [9.17, 15) is 4.79 Å². The van der Waals surface area contributed by atoms with Crippen LogP contribution in [-0.2, 0) is 4.79 Å². The van der Waals surface area contributed by atoms with Crippen molar-refractivity contribution in [3.8, 4) is 0 Å². The van der Waals surface area contributed by atoms with Gasteiger partial charge in [0, 0.05) is 6.04 Å². The van der Waals surface area contributed by atoms with Crippen LogP contribution in [-0.4, -0.2) is 22.1 Å². The Morgan fingerprint density at radius 3 is 2.94 bits per heavy atom. The molecule has 94 valence electrons. The summed E-state index contributed by atoms with van der Waals surface area (Å²) in [6.45, 7) is 0. The molecule has 1 aromatic heterocycles. The van der Waals surface area contributed by atoms with Gasteiger partial charge in [-0.1, -0.05) is 23.5 Å². The van der Waals surface area contributed by atoms with Crippen molar-refractivity contribution >= 4 is 32.7 Å². The number of hydrogen-bond acceptors (Lipinski definition) is 4. The molecule has 18 heavy (non-hydrogen) atoms. The lowest BCUT2D eigenvalue weighted by atomic mass is 10.1. The molecule has 5 heteroatoms. The molecule has 2 N–H and O–H groups in total. The zero-order valence-corrected chi connectivity index (χ0v) is 10.6. The number of aliphatic carboxylic acids is 1. The van der Waals surface area contributed by atoms with Crippen LogP contribution in [0, 0.1) is 5.92 Å². The molecule has 1 saturated carbocycles. The number of rotatable bonds is 3. The van der Waals surface area contributed by atoms with Crippen molar-refractivity contribution in [2.75, 3.05) is 5.32 Å². The third-order valence-corrected chi connectivity index (χ3v) is 4.37. The molecule has 0 radical (unpaired) electrons. The van der Waals surface area contributed by atoms with Gasteiger partial charge in [0.2, 0.25) is 0 Å². The van der Waals surface area contributed by atoms with E-state index in [1.807, 2.05) is 24.3 Å². The minimum absolute atomic E-state index is 0.197. The highest BCUT2D eigenvalue weighted by atomic mass is 32.1. The van der Waals surface area contributed by atoms with E-state index in [0.29, 0.717) is 6.42 Å². The second kappa shape index (κ2) is 4.57. The zero-order chi connectivity index (χ0) is 12.5. The summed E-state index contributed by atoms with van der Waals surface area (Å²) in [5.41, 5.74) is 0.998. The number of nitrogens with zero attached hydrogens (tertiary/aromatic N) is 1. The first kappa shape index (κ1) is 11.5. The van der Waals surface area contributed by atoms with Gasteiger partial charge in [-0.25, -0.2) is 4.98 Å². The second-order valence-electron chi connectivity index (χ2n) is 4.68. The van der Waals surface area contributed by atoms with Crippen LogP contribution in [0.5, 0.6) is 0 Å². The van der Waals surface area contributed by atoms with Crippen molar-refractivity contribution in [2.45, 2.75) is 25.3 Å². The first-order valence-corrected chi connectivity index (χ1v) is 6.89. The molecule has 1 aliphatic rings. The Bertz CT molecular complexity index is 548. The molecule has 0 bridgehead atoms. The monoisotopic (exact) mass is 262 g/mol. The number of carboxylic acids is 1. The van der Waals surface area contributed by atoms with E-state index in [2.05, 4.69) is 10.3 Å². The predicted octanol–water partition coefficient (Wildman–Crippen LogP) is 2.96. The van der Waals surface area contributed by atoms with Crippen molar-refractivity contribution in [1.82, 2.24) is 4.98 Å². The molecule has 1 aromatic carbocycles. The van der Waals surface area contributed by atoms with E-state index >= 15 is 0 Å². The Hall–Kier alpha value is -1.62. The smallest absolute Gasteiger partial charge is 0.306 e. The van der Waals surface area contributed by atoms with Gasteiger partial charge in [0.15, 0.2) is 5.13 Å². The summed E-state index contributed by atoms with van der Waals surface area (Å²) < 4.78 is 1.16. The van der Waals surface area contributed by atoms with E-state index < -0.39 is 5.97 Å². The predicted molar refractivity (Wildman–Crippen MR) is 72.0 cm³/mol. The van der Waals surface area contributed by atoms with Crippen LogP contribution in [0.1, 0.15) is 19.3 Å². The molecule has 4 nitrogen and oxygen atoms in total. The lowest BCUT2D eigenvalue weighted by molar-refractivity contribution is -0.141. The Labute approximate surface area is 109 Å². The summed E-state index contributed by atoms with van der Waals surface area (Å²) >= 11 is 1.62. The van der Waals surface area contributed by atoms with Gasteiger partial charge >= 0.3 is 5.97 Å². The maximum atomic E-state index is 10.9. The quantitative estimate of drug-likeness (QED) is 0.892. The normalized spacial score (nSPS) is 23.3. The van der Waals surface area contributed by atoms with Crippen LogP contribution in [0.4, 0.5) is 5.13 Å². The van der Waals surface area contributed by atoms with Gasteiger partial charge in [0.05, 0.1) is 16.1 Å². The van der Waals surface area contributed by atoms with Crippen molar-refractivity contribution in [1.29, 1.82) is 0 Å². The van der Waals surface area contributed by atoms with Gasteiger partial charge in [-0.15, -0.1) is 0 Å². The highest BCUT2D eigenvalue weighted by Crippen LogP contribution is 2.31. The zero-order valence-electron chi connectivity index (χ0n) is 9.80. The van der Waals surface area contributed by atoms with E-state index in [4.69, 9.17) is 5.11 Å². The fraction of sp³-hybridized carbons (Fsp3) is 0.385. The molecule has 0 aliphatic heterocycles. The number of aromatic nitrogens is 1. The molecule has 0 spiro atoms. The Morgan fingerprint density at radius 1 is 1.39 bits per heavy atom. The molecular formula is C13H14N2O2S. The number of thiazole rings is 1. The molecule has 2 unspecified atom stereocenters. The first-order valence-electron chi connectivity index (χ1n) is 6.07. The fourth-order valence-corrected chi connectivity index (χ4v) is 3.39. The third kappa shape index (κ3) is 2.18. The Balaban J connectivity index is 1.71. The number of nitrogens with one attached hydrogen (secondary N) is 1. The SMILES string of the molecule is O=C(O)C1CCC(Nc2nc3ccccc3s2)C1. The minimum Gasteiger partial charge on any atom is -0.481 e. The van der Waals surface area contributed by atoms with Gasteiger partial charge < -0.3 is 10.4 Å². The minimum atomic E-state index is -0.677. The number of anilines is 1. The number of fused-ring (bicyclic) bond motifs is 1. The number of benzene rings is 1. The summed E-state index contributed by atoms with van der Waals surface area (Å²) in [6.07, 6.45) is 2.37. The van der Waals surface area contributed by atoms with Gasteiger partial charge in [-0.05, 0) is 31.4 Å². The third-order valence-electron chi connectivity index (χ3n) is 3.40. The van der Waals surface area contributed by atoms with Crippen LogP contribution in [0.2, 0.25) is 0 Å². The van der Waals surface area contributed by atoms with E-state index in [-0.39, 0.29) is 12.0 Å². The molecule has 2 aromatic rings. The summed E-state index contributed by atoms with van der Waals surface area (Å²) in [4.78, 5) is 15.4. The molecule has 2 atom stereocenters. The largest absolute Gasteiger partial charge is 0.481 e. The lowest BCUT2D eigenvalue weighted by Gasteiger charge is -2.10. The Kier molecular flexibility index (Phi) is 2.91. The van der Waals surface area contributed by atoms with Crippen molar-refractivity contribution in [3.05, 3.63) is 24.3 Å². The van der Waals surface area contributed by atoms with Crippen molar-refractivity contribution in [3.63, 3.8) is 0 Å². The fourth-order valence-electron chi connectivity index (χ4n) is 2.45. The number of carboxylic acid groups (broad SMARTS) is 1. The summed E-state index contributed by atoms with van der Waals surface area (Å²) in [5.74, 6) is -0.875. The van der Waals surface area contributed by atoms with Gasteiger partial charge in [-0.3, -0.25) is 4.79 Å². The maximum Gasteiger partial charge on any atom is 0.306 e. The van der Waals surface area contributed by atoms with Crippen LogP contribution in [0.15, 0.2) is 24.3 Å². The molecule has 0 amide bonds. The average molecular weight is 262 g/mol. The molecule has 1 fully saturated rings. The van der Waals surface area contributed by atoms with Crippen LogP contribution in [0.25, 0.3) is 10.2 Å². The average Bonchev–Trinajstić information content (AvgIpc) is 2.94. The first-order chi connectivity index (χ1) is 8.72. The van der Waals surface area contributed by atoms with Gasteiger partial charge in [0.25, 0.3) is 0 Å². The highest BCUT2D eigenvalue weighted by Gasteiger charge is 2.29. The molecule has 1 heterocycles. The topological polar surface area (TPSA) is 62.2 Å². The van der Waals surface area contributed by atoms with Gasteiger partial charge in [0.1, 0.15) is 0 Å². The van der Waals surface area contributed by atoms with E-state index in [1.54, 1.807) is 11.3 Å². The van der Waals surface area contributed by atoms with E-state index in [0.717, 1.165) is 28.2 Å². The van der Waals surface area contributed by atoms with Crippen LogP contribution in [0.3, 0.4) is 0 Å². The number of carbonyl (C=O) groups is 1. The standard InChI is InChI=1S/C13H14N2O2S/c16-12(17)8-5-6-9(7-8)14-13-15-10-3-1-2-4-11(10)18-13/h1-4,8-9H,5-7H2,(H,14,15)(H,16,17). The summed E-state index contributed by atoms with van der Waals surface area (Å²) in [5, 5.41) is 13.2. The lowest BCUT2D eigenvalue weighted by Crippen LogP contribution is -2.17. The number of hydrogen-bond donors (Lipinski definition) is 2. The second-order valence-corrected chi connectivity index (χ2v) is 5.71. The molecule has 1 aliphatic carbocycles. The van der Waals surface area contributed by atoms with Crippen molar-refractivity contribution in [2.24, 2.45) is 5.92 Å². The highest BCUT2D eigenvalue weighted by molar-refractivity contribution is 7.22. The Morgan fingerprint density at radius 2 is 2.22 bits per heavy atom. The van der Waals surface area contributed by atoms with Crippen molar-refractivity contribution < 1.29 is 9.90 Å². The van der Waals surface area contributed by atoms with Crippen LogP contribution < -0.4 is 5.32 Å². The molecule has 3 rings (SSSR count). The summed E-state index contributed by atoms with van der Waals surface area (Å²) in [7, 11) is 0. The van der Waals surface area contributed by atoms with Crippen LogP contribution >= 0.6 is 11.3 Å². The summed E-state index contributed by atoms with van der Waals surface area (Å²) in [6, 6.07) is 8.26. The van der Waals surface area contributed by atoms with E-state index in [1.165, 1.54) is 0 Å².